The summed E-state index contributed by atoms with van der Waals surface area (Å²) in [6, 6.07) is 6.75. The number of hydrogen-bond acceptors (Lipinski definition) is 3. The van der Waals surface area contributed by atoms with Gasteiger partial charge in [0.2, 0.25) is 5.91 Å². The van der Waals surface area contributed by atoms with E-state index in [9.17, 15) is 9.35 Å². The molecule has 0 saturated heterocycles. The first-order valence-corrected chi connectivity index (χ1v) is 6.40. The lowest BCUT2D eigenvalue weighted by atomic mass is 10.3. The summed E-state index contributed by atoms with van der Waals surface area (Å²) >= 11 is 4.57. The molecule has 1 atom stereocenters. The van der Waals surface area contributed by atoms with Gasteiger partial charge in [0.05, 0.1) is 0 Å². The lowest BCUT2D eigenvalue weighted by molar-refractivity contribution is -0.129. The van der Waals surface area contributed by atoms with Gasteiger partial charge in [-0.15, -0.1) is 0 Å². The monoisotopic (exact) mass is 261 g/mol. The second-order valence-corrected chi connectivity index (χ2v) is 5.15. The minimum absolute atomic E-state index is 0.163. The topological polar surface area (TPSA) is 72.4 Å². The molecule has 1 aromatic carbocycles. The van der Waals surface area contributed by atoms with Crippen LogP contribution in [0, 0.1) is 0 Å². The van der Waals surface area contributed by atoms with E-state index in [1.807, 2.05) is 0 Å². The molecule has 1 unspecified atom stereocenters. The van der Waals surface area contributed by atoms with Crippen LogP contribution in [0.5, 0.6) is 0 Å². The molecule has 0 fully saturated rings. The Balaban J connectivity index is 2.37. The van der Waals surface area contributed by atoms with Crippen molar-refractivity contribution in [3.63, 3.8) is 0 Å². The number of nitrogens with one attached hydrogen (secondary N) is 1. The van der Waals surface area contributed by atoms with Gasteiger partial charge in [-0.1, -0.05) is 11.6 Å². The van der Waals surface area contributed by atoms with Crippen LogP contribution < -0.4 is 5.48 Å². The van der Waals surface area contributed by atoms with E-state index in [0.717, 1.165) is 0 Å². The zero-order valence-corrected chi connectivity index (χ0v) is 10.1. The van der Waals surface area contributed by atoms with Gasteiger partial charge in [0, 0.05) is 17.9 Å². The molecular weight excluding hydrogens is 250 g/mol. The molecule has 0 saturated carbocycles. The Hall–Kier alpha value is -0.750. The first kappa shape index (κ1) is 13.3. The van der Waals surface area contributed by atoms with Crippen molar-refractivity contribution in [3.8, 4) is 0 Å². The summed E-state index contributed by atoms with van der Waals surface area (Å²) < 4.78 is 11.7. The zero-order valence-electron chi connectivity index (χ0n) is 8.48. The van der Waals surface area contributed by atoms with Gasteiger partial charge in [0.15, 0.2) is 4.90 Å². The molecule has 0 heterocycles. The summed E-state index contributed by atoms with van der Waals surface area (Å²) in [6.45, 7) is 0. The second kappa shape index (κ2) is 6.75. The molecule has 0 aliphatic carbocycles. The smallest absolute Gasteiger partial charge is 0.243 e. The Morgan fingerprint density at radius 3 is 2.62 bits per heavy atom. The third-order valence-corrected chi connectivity index (χ3v) is 3.64. The van der Waals surface area contributed by atoms with Crippen LogP contribution in [0.3, 0.4) is 0 Å². The largest absolute Gasteiger partial charge is 0.611 e. The third kappa shape index (κ3) is 4.40. The highest BCUT2D eigenvalue weighted by Gasteiger charge is 2.11. The lowest BCUT2D eigenvalue weighted by Crippen LogP contribution is -2.19. The van der Waals surface area contributed by atoms with E-state index in [-0.39, 0.29) is 6.42 Å². The maximum atomic E-state index is 11.7. The summed E-state index contributed by atoms with van der Waals surface area (Å²) in [7, 11) is 0. The van der Waals surface area contributed by atoms with Crippen molar-refractivity contribution < 1.29 is 14.6 Å². The van der Waals surface area contributed by atoms with Gasteiger partial charge in [-0.25, -0.2) is 5.48 Å². The Kier molecular flexibility index (Phi) is 5.62. The Bertz CT molecular complexity index is 344. The number of benzene rings is 1. The number of carbonyl (C=O) groups is 1. The van der Waals surface area contributed by atoms with E-state index in [4.69, 9.17) is 16.8 Å². The minimum atomic E-state index is -1.13. The first-order chi connectivity index (χ1) is 7.63. The number of hydroxylamine groups is 1. The molecular formula is C10H12ClNO3S. The van der Waals surface area contributed by atoms with E-state index in [1.54, 1.807) is 24.3 Å². The van der Waals surface area contributed by atoms with E-state index in [0.29, 0.717) is 22.1 Å². The molecule has 0 radical (unpaired) electrons. The molecule has 1 amide bonds. The molecule has 0 aliphatic heterocycles. The second-order valence-electron chi connectivity index (χ2n) is 3.14. The van der Waals surface area contributed by atoms with Crippen LogP contribution in [-0.2, 0) is 16.0 Å². The van der Waals surface area contributed by atoms with Crippen LogP contribution >= 0.6 is 11.6 Å². The van der Waals surface area contributed by atoms with E-state index in [1.165, 1.54) is 5.48 Å². The fraction of sp³-hybridized carbons (Fsp3) is 0.300. The third-order valence-electron chi connectivity index (χ3n) is 1.93. The van der Waals surface area contributed by atoms with E-state index >= 15 is 0 Å². The highest BCUT2D eigenvalue weighted by molar-refractivity contribution is 7.91. The van der Waals surface area contributed by atoms with Crippen molar-refractivity contribution in [2.75, 3.05) is 5.75 Å². The van der Waals surface area contributed by atoms with Crippen molar-refractivity contribution in [1.29, 1.82) is 0 Å². The molecule has 0 aromatic heterocycles. The minimum Gasteiger partial charge on any atom is -0.611 e. The average Bonchev–Trinajstić information content (AvgIpc) is 2.29. The van der Waals surface area contributed by atoms with Crippen LogP contribution in [-0.4, -0.2) is 21.4 Å². The van der Waals surface area contributed by atoms with Gasteiger partial charge in [-0.3, -0.25) is 10.0 Å². The van der Waals surface area contributed by atoms with Crippen molar-refractivity contribution in [1.82, 2.24) is 5.48 Å². The molecule has 0 spiro atoms. The number of carbonyl (C=O) groups excluding carboxylic acids is 1. The Morgan fingerprint density at radius 1 is 1.44 bits per heavy atom. The number of rotatable bonds is 5. The molecule has 16 heavy (non-hydrogen) atoms. The quantitative estimate of drug-likeness (QED) is 0.482. The van der Waals surface area contributed by atoms with Crippen molar-refractivity contribution >= 4 is 28.7 Å². The zero-order chi connectivity index (χ0) is 12.0. The van der Waals surface area contributed by atoms with Crippen molar-refractivity contribution in [3.05, 3.63) is 29.3 Å². The van der Waals surface area contributed by atoms with Crippen LogP contribution in [0.4, 0.5) is 0 Å². The highest BCUT2D eigenvalue weighted by Crippen LogP contribution is 2.16. The van der Waals surface area contributed by atoms with Gasteiger partial charge in [-0.05, 0) is 35.4 Å². The number of halogens is 1. The van der Waals surface area contributed by atoms with Crippen molar-refractivity contribution in [2.45, 2.75) is 17.7 Å². The summed E-state index contributed by atoms with van der Waals surface area (Å²) in [4.78, 5) is 11.4. The van der Waals surface area contributed by atoms with Gasteiger partial charge in [0.1, 0.15) is 5.75 Å². The highest BCUT2D eigenvalue weighted by atomic mass is 35.5. The van der Waals surface area contributed by atoms with E-state index < -0.39 is 17.1 Å². The Morgan fingerprint density at radius 2 is 2.06 bits per heavy atom. The van der Waals surface area contributed by atoms with Crippen LogP contribution in [0.25, 0.3) is 0 Å². The predicted molar refractivity (Wildman–Crippen MR) is 61.9 cm³/mol. The van der Waals surface area contributed by atoms with Gasteiger partial charge < -0.3 is 4.55 Å². The molecule has 2 N–H and O–H groups in total. The van der Waals surface area contributed by atoms with Gasteiger partial charge in [-0.2, -0.15) is 0 Å². The SMILES string of the molecule is O=C(CCC[S+]([O-])c1ccc(Cl)cc1)NO. The first-order valence-electron chi connectivity index (χ1n) is 4.70. The summed E-state index contributed by atoms with van der Waals surface area (Å²) in [5, 5.41) is 8.86. The molecule has 88 valence electrons. The molecule has 4 nitrogen and oxygen atoms in total. The summed E-state index contributed by atoms with van der Waals surface area (Å²) in [5.74, 6) is -0.0807. The molecule has 1 rings (SSSR count). The van der Waals surface area contributed by atoms with Crippen LogP contribution in [0.2, 0.25) is 5.02 Å². The van der Waals surface area contributed by atoms with Crippen molar-refractivity contribution in [2.24, 2.45) is 0 Å². The number of hydrogen-bond donors (Lipinski definition) is 2. The summed E-state index contributed by atoms with van der Waals surface area (Å²) in [6.07, 6.45) is 0.622. The van der Waals surface area contributed by atoms with E-state index in [2.05, 4.69) is 0 Å². The van der Waals surface area contributed by atoms with Crippen LogP contribution in [0.15, 0.2) is 29.2 Å². The average molecular weight is 262 g/mol. The number of amides is 1. The normalized spacial score (nSPS) is 12.2. The predicted octanol–water partition coefficient (Wildman–Crippen LogP) is 1.73. The molecule has 0 aliphatic rings. The standard InChI is InChI=1S/C10H12ClNO3S/c11-8-3-5-9(6-4-8)16(15)7-1-2-10(13)12-14/h3-6,14H,1-2,7H2,(H,12,13). The molecule has 0 bridgehead atoms. The molecule has 6 heteroatoms. The molecule has 1 aromatic rings. The van der Waals surface area contributed by atoms with Gasteiger partial charge in [0.25, 0.3) is 0 Å². The fourth-order valence-electron chi connectivity index (χ4n) is 1.12. The fourth-order valence-corrected chi connectivity index (χ4v) is 2.33. The Labute approximate surface area is 102 Å². The maximum Gasteiger partial charge on any atom is 0.243 e. The lowest BCUT2D eigenvalue weighted by Gasteiger charge is -2.09. The van der Waals surface area contributed by atoms with Gasteiger partial charge >= 0.3 is 0 Å². The van der Waals surface area contributed by atoms with Crippen LogP contribution in [0.1, 0.15) is 12.8 Å². The maximum absolute atomic E-state index is 11.7. The summed E-state index contributed by atoms with van der Waals surface area (Å²) in [5.41, 5.74) is 1.53.